The Bertz CT molecular complexity index is 286. The summed E-state index contributed by atoms with van der Waals surface area (Å²) in [4.78, 5) is 0. The van der Waals surface area contributed by atoms with Crippen LogP contribution in [0, 0.1) is 0 Å². The fourth-order valence-electron chi connectivity index (χ4n) is 2.33. The molecule has 0 aromatic rings. The Morgan fingerprint density at radius 1 is 1.16 bits per heavy atom. The highest BCUT2D eigenvalue weighted by Gasteiger charge is 2.43. The minimum Gasteiger partial charge on any atom is -0.410 e. The van der Waals surface area contributed by atoms with E-state index in [1.54, 1.807) is 0 Å². The van der Waals surface area contributed by atoms with Gasteiger partial charge >= 0.3 is 0 Å². The molecule has 0 bridgehead atoms. The number of nitrogens with two attached hydrogens (primary N) is 1. The molecular formula is C15H33NO2Si. The van der Waals surface area contributed by atoms with Crippen molar-refractivity contribution in [3.05, 3.63) is 0 Å². The Labute approximate surface area is 120 Å². The molecule has 1 saturated carbocycles. The Kier molecular flexibility index (Phi) is 5.64. The van der Waals surface area contributed by atoms with Crippen molar-refractivity contribution in [2.75, 3.05) is 0 Å². The van der Waals surface area contributed by atoms with Gasteiger partial charge in [0.2, 0.25) is 0 Å². The van der Waals surface area contributed by atoms with E-state index in [1.807, 2.05) is 0 Å². The second-order valence-electron chi connectivity index (χ2n) is 7.66. The third-order valence-electron chi connectivity index (χ3n) is 4.50. The van der Waals surface area contributed by atoms with E-state index in [0.717, 1.165) is 19.3 Å². The molecule has 1 aliphatic carbocycles. The molecule has 0 aromatic heterocycles. The fraction of sp³-hybridized carbons (Fsp3) is 1.00. The van der Waals surface area contributed by atoms with Crippen LogP contribution in [-0.4, -0.2) is 32.7 Å². The summed E-state index contributed by atoms with van der Waals surface area (Å²) in [5.74, 6) is 0. The predicted molar refractivity (Wildman–Crippen MR) is 83.9 cm³/mol. The lowest BCUT2D eigenvalue weighted by Gasteiger charge is -2.45. The summed E-state index contributed by atoms with van der Waals surface area (Å²) in [7, 11) is -1.79. The average molecular weight is 288 g/mol. The summed E-state index contributed by atoms with van der Waals surface area (Å²) < 4.78 is 12.6. The number of ether oxygens (including phenoxy) is 1. The summed E-state index contributed by atoms with van der Waals surface area (Å²) in [6.07, 6.45) is 3.74. The van der Waals surface area contributed by atoms with Gasteiger partial charge in [-0.25, -0.2) is 0 Å². The molecule has 19 heavy (non-hydrogen) atoms. The van der Waals surface area contributed by atoms with Gasteiger partial charge in [-0.15, -0.1) is 0 Å². The van der Waals surface area contributed by atoms with E-state index in [4.69, 9.17) is 14.9 Å². The average Bonchev–Trinajstić information content (AvgIpc) is 2.20. The predicted octanol–water partition coefficient (Wildman–Crippen LogP) is 3.68. The molecule has 0 unspecified atom stereocenters. The Hall–Kier alpha value is 0.0969. The first kappa shape index (κ1) is 17.1. The highest BCUT2D eigenvalue weighted by atomic mass is 28.4. The zero-order valence-electron chi connectivity index (χ0n) is 13.8. The molecular weight excluding hydrogens is 254 g/mol. The molecule has 0 amide bonds. The second kappa shape index (κ2) is 6.25. The van der Waals surface area contributed by atoms with Crippen molar-refractivity contribution >= 4 is 8.32 Å². The Morgan fingerprint density at radius 3 is 2.21 bits per heavy atom. The monoisotopic (exact) mass is 287 g/mol. The number of rotatable bonds is 4. The highest BCUT2D eigenvalue weighted by Crippen LogP contribution is 2.39. The van der Waals surface area contributed by atoms with Crippen molar-refractivity contribution in [3.8, 4) is 0 Å². The Balaban J connectivity index is 2.80. The first-order valence-corrected chi connectivity index (χ1v) is 10.5. The lowest BCUT2D eigenvalue weighted by Crippen LogP contribution is -2.56. The van der Waals surface area contributed by atoms with Gasteiger partial charge in [-0.2, -0.15) is 0 Å². The van der Waals surface area contributed by atoms with Crippen LogP contribution in [0.25, 0.3) is 0 Å². The van der Waals surface area contributed by atoms with E-state index >= 15 is 0 Å². The normalized spacial score (nSPS) is 29.8. The zero-order valence-corrected chi connectivity index (χ0v) is 14.8. The van der Waals surface area contributed by atoms with Gasteiger partial charge in [0.05, 0.1) is 18.3 Å². The van der Waals surface area contributed by atoms with Crippen LogP contribution in [0.4, 0.5) is 0 Å². The maximum Gasteiger partial charge on any atom is 0.192 e. The van der Waals surface area contributed by atoms with E-state index in [0.29, 0.717) is 0 Å². The number of hydrogen-bond acceptors (Lipinski definition) is 3. The van der Waals surface area contributed by atoms with Gasteiger partial charge in [0.25, 0.3) is 0 Å². The first-order chi connectivity index (χ1) is 8.54. The van der Waals surface area contributed by atoms with Gasteiger partial charge in [0, 0.05) is 6.04 Å². The van der Waals surface area contributed by atoms with E-state index in [-0.39, 0.29) is 29.4 Å². The lowest BCUT2D eigenvalue weighted by molar-refractivity contribution is -0.0843. The third kappa shape index (κ3) is 4.55. The Morgan fingerprint density at radius 2 is 1.74 bits per heavy atom. The maximum atomic E-state index is 6.56. The molecule has 1 aliphatic rings. The molecule has 1 fully saturated rings. The quantitative estimate of drug-likeness (QED) is 0.802. The maximum absolute atomic E-state index is 6.56. The zero-order chi connectivity index (χ0) is 14.8. The molecule has 2 N–H and O–H groups in total. The summed E-state index contributed by atoms with van der Waals surface area (Å²) in [5, 5.41) is 0.215. The molecule has 1 rings (SSSR count). The minimum absolute atomic E-state index is 0.0667. The lowest BCUT2D eigenvalue weighted by atomic mass is 9.90. The largest absolute Gasteiger partial charge is 0.410 e. The van der Waals surface area contributed by atoms with Crippen LogP contribution in [0.2, 0.25) is 18.1 Å². The molecule has 0 spiro atoms. The van der Waals surface area contributed by atoms with Crippen molar-refractivity contribution in [1.29, 1.82) is 0 Å². The van der Waals surface area contributed by atoms with Crippen LogP contribution < -0.4 is 5.73 Å². The smallest absolute Gasteiger partial charge is 0.192 e. The van der Waals surface area contributed by atoms with Gasteiger partial charge < -0.3 is 14.9 Å². The molecule has 0 aliphatic heterocycles. The topological polar surface area (TPSA) is 44.5 Å². The van der Waals surface area contributed by atoms with Crippen LogP contribution in [0.3, 0.4) is 0 Å². The summed E-state index contributed by atoms with van der Waals surface area (Å²) in [5.41, 5.74) is 6.31. The van der Waals surface area contributed by atoms with E-state index in [1.165, 1.54) is 0 Å². The van der Waals surface area contributed by atoms with Crippen molar-refractivity contribution in [1.82, 2.24) is 0 Å². The fourth-order valence-corrected chi connectivity index (χ4v) is 3.69. The van der Waals surface area contributed by atoms with E-state index in [2.05, 4.69) is 47.7 Å². The summed E-state index contributed by atoms with van der Waals surface area (Å²) in [6, 6.07) is 0.117. The van der Waals surface area contributed by atoms with Crippen molar-refractivity contribution < 1.29 is 9.16 Å². The van der Waals surface area contributed by atoms with Crippen LogP contribution >= 0.6 is 0 Å². The van der Waals surface area contributed by atoms with E-state index < -0.39 is 8.32 Å². The van der Waals surface area contributed by atoms with Crippen LogP contribution in [0.5, 0.6) is 0 Å². The van der Waals surface area contributed by atoms with Crippen molar-refractivity contribution in [2.45, 2.75) is 96.4 Å². The summed E-state index contributed by atoms with van der Waals surface area (Å²) in [6.45, 7) is 15.6. The highest BCUT2D eigenvalue weighted by molar-refractivity contribution is 6.74. The van der Waals surface area contributed by atoms with Gasteiger partial charge in [0.15, 0.2) is 8.32 Å². The first-order valence-electron chi connectivity index (χ1n) is 7.63. The van der Waals surface area contributed by atoms with Crippen LogP contribution in [0.15, 0.2) is 0 Å². The van der Waals surface area contributed by atoms with Gasteiger partial charge in [-0.1, -0.05) is 20.8 Å². The SMILES string of the molecule is CC(C)O[C@H]1CCC[C@@H](N)[C@@H]1O[Si](C)(C)C(C)(C)C. The molecule has 114 valence electrons. The van der Waals surface area contributed by atoms with Crippen molar-refractivity contribution in [3.63, 3.8) is 0 Å². The second-order valence-corrected chi connectivity index (χ2v) is 12.4. The van der Waals surface area contributed by atoms with Gasteiger partial charge in [-0.3, -0.25) is 0 Å². The standard InChI is InChI=1S/C15H33NO2Si/c1-11(2)17-13-10-8-9-12(16)14(13)18-19(6,7)15(3,4)5/h11-14H,8-10,16H2,1-7H3/t12-,13+,14+/m1/s1. The molecule has 0 heterocycles. The minimum atomic E-state index is -1.79. The molecule has 3 nitrogen and oxygen atoms in total. The van der Waals surface area contributed by atoms with Crippen molar-refractivity contribution in [2.24, 2.45) is 5.73 Å². The molecule has 0 aromatic carbocycles. The molecule has 0 saturated heterocycles. The van der Waals surface area contributed by atoms with Gasteiger partial charge in [0.1, 0.15) is 0 Å². The van der Waals surface area contributed by atoms with Crippen LogP contribution in [0.1, 0.15) is 53.9 Å². The van der Waals surface area contributed by atoms with E-state index in [9.17, 15) is 0 Å². The third-order valence-corrected chi connectivity index (χ3v) is 8.97. The molecule has 4 heteroatoms. The summed E-state index contributed by atoms with van der Waals surface area (Å²) >= 11 is 0. The number of hydrogen-bond donors (Lipinski definition) is 1. The van der Waals surface area contributed by atoms with Gasteiger partial charge in [-0.05, 0) is 51.2 Å². The van der Waals surface area contributed by atoms with Crippen LogP contribution in [-0.2, 0) is 9.16 Å². The molecule has 3 atom stereocenters. The molecule has 0 radical (unpaired) electrons.